The molecule has 0 fully saturated rings. The number of carbonyl (C=O) groups is 1. The van der Waals surface area contributed by atoms with Crippen molar-refractivity contribution in [1.29, 1.82) is 0 Å². The molecule has 0 bridgehead atoms. The lowest BCUT2D eigenvalue weighted by Crippen LogP contribution is -1.98. The molecule has 0 atom stereocenters. The predicted molar refractivity (Wildman–Crippen MR) is 60.0 cm³/mol. The van der Waals surface area contributed by atoms with Gasteiger partial charge in [0, 0.05) is 12.0 Å². The fourth-order valence-corrected chi connectivity index (χ4v) is 1.17. The summed E-state index contributed by atoms with van der Waals surface area (Å²) in [6.45, 7) is 2.13. The van der Waals surface area contributed by atoms with Crippen molar-refractivity contribution in [1.82, 2.24) is 0 Å². The maximum absolute atomic E-state index is 11.1. The van der Waals surface area contributed by atoms with E-state index < -0.39 is 0 Å². The molecule has 0 saturated carbocycles. The second kappa shape index (κ2) is 5.87. The summed E-state index contributed by atoms with van der Waals surface area (Å²) in [5.74, 6) is 3.32. The van der Waals surface area contributed by atoms with Crippen LogP contribution in [-0.2, 0) is 0 Å². The fraction of sp³-hybridized carbons (Fsp3) is 0.308. The monoisotopic (exact) mass is 202 g/mol. The molecule has 0 aromatic heterocycles. The van der Waals surface area contributed by atoms with Crippen molar-refractivity contribution in [2.24, 2.45) is 0 Å². The van der Waals surface area contributed by atoms with Crippen LogP contribution >= 0.6 is 0 Å². The number of rotatable bonds is 5. The van der Waals surface area contributed by atoms with Crippen molar-refractivity contribution in [3.63, 3.8) is 0 Å². The van der Waals surface area contributed by atoms with Gasteiger partial charge >= 0.3 is 0 Å². The van der Waals surface area contributed by atoms with Crippen LogP contribution in [0.1, 0.15) is 30.1 Å². The topological polar surface area (TPSA) is 26.3 Å². The number of unbranched alkanes of at least 4 members (excludes halogenated alkanes) is 1. The number of hydrogen-bond donors (Lipinski definition) is 0. The number of terminal acetylenes is 1. The maximum atomic E-state index is 11.1. The first kappa shape index (κ1) is 11.3. The van der Waals surface area contributed by atoms with E-state index in [2.05, 4.69) is 5.92 Å². The lowest BCUT2D eigenvalue weighted by molar-refractivity contribution is 0.101. The molecule has 0 aliphatic rings. The van der Waals surface area contributed by atoms with Crippen molar-refractivity contribution >= 4 is 5.78 Å². The van der Waals surface area contributed by atoms with E-state index in [0.29, 0.717) is 18.6 Å². The minimum Gasteiger partial charge on any atom is -0.494 e. The molecule has 0 saturated heterocycles. The predicted octanol–water partition coefficient (Wildman–Crippen LogP) is 2.68. The first-order valence-electron chi connectivity index (χ1n) is 4.91. The number of ether oxygens (including phenoxy) is 1. The standard InChI is InChI=1S/C13H14O2/c1-3-4-5-9-15-13-8-6-7-12(10-13)11(2)14/h1,6-8,10H,4-5,9H2,2H3. The molecule has 1 aromatic rings. The highest BCUT2D eigenvalue weighted by molar-refractivity contribution is 5.94. The Bertz CT molecular complexity index is 374. The van der Waals surface area contributed by atoms with Gasteiger partial charge < -0.3 is 4.74 Å². The molecule has 1 aromatic carbocycles. The average molecular weight is 202 g/mol. The number of ketones is 1. The second-order valence-corrected chi connectivity index (χ2v) is 3.24. The fourth-order valence-electron chi connectivity index (χ4n) is 1.17. The maximum Gasteiger partial charge on any atom is 0.159 e. The molecule has 15 heavy (non-hydrogen) atoms. The Kier molecular flexibility index (Phi) is 4.43. The summed E-state index contributed by atoms with van der Waals surface area (Å²) >= 11 is 0. The molecule has 0 heterocycles. The zero-order valence-corrected chi connectivity index (χ0v) is 8.82. The molecular formula is C13H14O2. The number of hydrogen-bond acceptors (Lipinski definition) is 2. The molecule has 0 N–H and O–H groups in total. The van der Waals surface area contributed by atoms with Crippen LogP contribution in [0, 0.1) is 12.3 Å². The van der Waals surface area contributed by atoms with E-state index in [1.165, 1.54) is 6.92 Å². The van der Waals surface area contributed by atoms with Crippen molar-refractivity contribution in [3.8, 4) is 18.1 Å². The molecule has 0 unspecified atom stereocenters. The largest absolute Gasteiger partial charge is 0.494 e. The summed E-state index contributed by atoms with van der Waals surface area (Å²) in [7, 11) is 0. The Labute approximate surface area is 90.3 Å². The third-order valence-corrected chi connectivity index (χ3v) is 1.97. The zero-order chi connectivity index (χ0) is 11.1. The summed E-state index contributed by atoms with van der Waals surface area (Å²) in [5.41, 5.74) is 0.671. The van der Waals surface area contributed by atoms with Gasteiger partial charge in [-0.2, -0.15) is 0 Å². The summed E-state index contributed by atoms with van der Waals surface area (Å²) < 4.78 is 5.45. The molecule has 0 aliphatic heterocycles. The summed E-state index contributed by atoms with van der Waals surface area (Å²) in [6, 6.07) is 7.17. The highest BCUT2D eigenvalue weighted by Gasteiger charge is 2.00. The molecule has 0 aliphatic carbocycles. The van der Waals surface area contributed by atoms with Crippen LogP contribution in [0.15, 0.2) is 24.3 Å². The van der Waals surface area contributed by atoms with Gasteiger partial charge in [0.05, 0.1) is 6.61 Å². The Morgan fingerprint density at radius 2 is 2.33 bits per heavy atom. The second-order valence-electron chi connectivity index (χ2n) is 3.24. The molecule has 0 amide bonds. The number of carbonyl (C=O) groups excluding carboxylic acids is 1. The van der Waals surface area contributed by atoms with Gasteiger partial charge in [0.25, 0.3) is 0 Å². The van der Waals surface area contributed by atoms with Gasteiger partial charge in [-0.1, -0.05) is 12.1 Å². The lowest BCUT2D eigenvalue weighted by Gasteiger charge is -2.05. The van der Waals surface area contributed by atoms with Crippen molar-refractivity contribution in [3.05, 3.63) is 29.8 Å². The Hall–Kier alpha value is -1.75. The third kappa shape index (κ3) is 3.86. The molecule has 78 valence electrons. The molecule has 2 heteroatoms. The van der Waals surface area contributed by atoms with Crippen LogP contribution in [0.4, 0.5) is 0 Å². The van der Waals surface area contributed by atoms with E-state index in [1.807, 2.05) is 12.1 Å². The van der Waals surface area contributed by atoms with Gasteiger partial charge in [0.1, 0.15) is 5.75 Å². The Morgan fingerprint density at radius 3 is 3.00 bits per heavy atom. The summed E-state index contributed by atoms with van der Waals surface area (Å²) in [5, 5.41) is 0. The van der Waals surface area contributed by atoms with Crippen LogP contribution in [0.2, 0.25) is 0 Å². The minimum atomic E-state index is 0.0454. The van der Waals surface area contributed by atoms with Gasteiger partial charge in [0.2, 0.25) is 0 Å². The Balaban J connectivity index is 2.51. The van der Waals surface area contributed by atoms with E-state index in [0.717, 1.165) is 12.2 Å². The van der Waals surface area contributed by atoms with Gasteiger partial charge in [-0.25, -0.2) is 0 Å². The number of benzene rings is 1. The molecule has 2 nitrogen and oxygen atoms in total. The van der Waals surface area contributed by atoms with Crippen molar-refractivity contribution < 1.29 is 9.53 Å². The van der Waals surface area contributed by atoms with E-state index >= 15 is 0 Å². The van der Waals surface area contributed by atoms with Gasteiger partial charge in [-0.05, 0) is 25.5 Å². The van der Waals surface area contributed by atoms with Crippen LogP contribution in [0.3, 0.4) is 0 Å². The lowest BCUT2D eigenvalue weighted by atomic mass is 10.1. The normalized spacial score (nSPS) is 9.33. The molecule has 0 radical (unpaired) electrons. The Morgan fingerprint density at radius 1 is 1.53 bits per heavy atom. The SMILES string of the molecule is C#CCCCOc1cccc(C(C)=O)c1. The summed E-state index contributed by atoms with van der Waals surface area (Å²) in [4.78, 5) is 11.1. The molecule has 0 spiro atoms. The van der Waals surface area contributed by atoms with Crippen LogP contribution in [-0.4, -0.2) is 12.4 Å². The number of Topliss-reactive ketones (excluding diaryl/α,β-unsaturated/α-hetero) is 1. The smallest absolute Gasteiger partial charge is 0.159 e. The van der Waals surface area contributed by atoms with Gasteiger partial charge in [-0.15, -0.1) is 12.3 Å². The third-order valence-electron chi connectivity index (χ3n) is 1.97. The van der Waals surface area contributed by atoms with E-state index in [1.54, 1.807) is 12.1 Å². The van der Waals surface area contributed by atoms with Gasteiger partial charge in [-0.3, -0.25) is 4.79 Å². The van der Waals surface area contributed by atoms with Crippen molar-refractivity contribution in [2.75, 3.05) is 6.61 Å². The molecule has 1 rings (SSSR count). The first-order chi connectivity index (χ1) is 7.24. The van der Waals surface area contributed by atoms with E-state index in [9.17, 15) is 4.79 Å². The van der Waals surface area contributed by atoms with E-state index in [4.69, 9.17) is 11.2 Å². The highest BCUT2D eigenvalue weighted by atomic mass is 16.5. The molecular weight excluding hydrogens is 188 g/mol. The van der Waals surface area contributed by atoms with E-state index in [-0.39, 0.29) is 5.78 Å². The quantitative estimate of drug-likeness (QED) is 0.417. The van der Waals surface area contributed by atoms with Crippen LogP contribution in [0.5, 0.6) is 5.75 Å². The zero-order valence-electron chi connectivity index (χ0n) is 8.82. The van der Waals surface area contributed by atoms with Crippen molar-refractivity contribution in [2.45, 2.75) is 19.8 Å². The highest BCUT2D eigenvalue weighted by Crippen LogP contribution is 2.13. The van der Waals surface area contributed by atoms with Crippen LogP contribution < -0.4 is 4.74 Å². The minimum absolute atomic E-state index is 0.0454. The van der Waals surface area contributed by atoms with Gasteiger partial charge in [0.15, 0.2) is 5.78 Å². The average Bonchev–Trinajstić information content (AvgIpc) is 2.25. The van der Waals surface area contributed by atoms with Crippen LogP contribution in [0.25, 0.3) is 0 Å². The summed E-state index contributed by atoms with van der Waals surface area (Å²) in [6.07, 6.45) is 6.67. The first-order valence-corrected chi connectivity index (χ1v) is 4.91.